The molecule has 0 amide bonds. The number of rotatable bonds is 3. The fourth-order valence-corrected chi connectivity index (χ4v) is 1.33. The molecule has 0 aliphatic carbocycles. The lowest BCUT2D eigenvalue weighted by Gasteiger charge is -2.08. The zero-order valence-corrected chi connectivity index (χ0v) is 10.8. The average Bonchev–Trinajstić information content (AvgIpc) is 2.26. The molecule has 1 aromatic rings. The zero-order valence-electron chi connectivity index (χ0n) is 10.8. The van der Waals surface area contributed by atoms with Crippen molar-refractivity contribution in [3.05, 3.63) is 35.4 Å². The third kappa shape index (κ3) is 7.15. The maximum absolute atomic E-state index is 3.20. The summed E-state index contributed by atoms with van der Waals surface area (Å²) in [5.41, 5.74) is 2.66. The van der Waals surface area contributed by atoms with Crippen molar-refractivity contribution >= 4 is 0 Å². The van der Waals surface area contributed by atoms with Gasteiger partial charge in [0.25, 0.3) is 0 Å². The zero-order chi connectivity index (χ0) is 11.7. The number of benzene rings is 1. The first-order valence-electron chi connectivity index (χ1n) is 5.84. The first kappa shape index (κ1) is 14.2. The van der Waals surface area contributed by atoms with Crippen molar-refractivity contribution < 1.29 is 0 Å². The molecule has 0 atom stereocenters. The molecule has 0 spiro atoms. The summed E-state index contributed by atoms with van der Waals surface area (Å²) in [6.07, 6.45) is 2.49. The molecule has 0 aromatic heterocycles. The first-order chi connectivity index (χ1) is 7.13. The van der Waals surface area contributed by atoms with Crippen molar-refractivity contribution in [2.75, 3.05) is 7.05 Å². The van der Waals surface area contributed by atoms with E-state index in [4.69, 9.17) is 0 Å². The Morgan fingerprint density at radius 2 is 1.27 bits per heavy atom. The molecule has 0 saturated heterocycles. The van der Waals surface area contributed by atoms with Crippen molar-refractivity contribution in [1.82, 2.24) is 5.32 Å². The van der Waals surface area contributed by atoms with Crippen LogP contribution in [0.15, 0.2) is 24.3 Å². The molecule has 1 rings (SSSR count). The van der Waals surface area contributed by atoms with Crippen LogP contribution in [-0.4, -0.2) is 13.1 Å². The van der Waals surface area contributed by atoms with Crippen LogP contribution in [0.2, 0.25) is 0 Å². The van der Waals surface area contributed by atoms with Crippen LogP contribution in [0, 0.1) is 13.8 Å². The van der Waals surface area contributed by atoms with Crippen LogP contribution in [0.1, 0.15) is 37.8 Å². The van der Waals surface area contributed by atoms with Crippen molar-refractivity contribution in [3.8, 4) is 0 Å². The summed E-state index contributed by atoms with van der Waals surface area (Å²) in [4.78, 5) is 0. The molecule has 0 unspecified atom stereocenters. The summed E-state index contributed by atoms with van der Waals surface area (Å²) < 4.78 is 0. The van der Waals surface area contributed by atoms with E-state index in [1.54, 1.807) is 0 Å². The van der Waals surface area contributed by atoms with E-state index in [0.717, 1.165) is 6.04 Å². The molecule has 1 heteroatoms. The summed E-state index contributed by atoms with van der Waals surface area (Å²) in [6, 6.07) is 9.22. The van der Waals surface area contributed by atoms with E-state index < -0.39 is 0 Å². The molecule has 1 nitrogen and oxygen atoms in total. The van der Waals surface area contributed by atoms with E-state index in [2.05, 4.69) is 57.3 Å². The molecule has 0 heterocycles. The molecule has 1 aromatic carbocycles. The Hall–Kier alpha value is -0.820. The predicted octanol–water partition coefficient (Wildman–Crippen LogP) is 3.70. The van der Waals surface area contributed by atoms with E-state index in [9.17, 15) is 0 Å². The fourth-order valence-electron chi connectivity index (χ4n) is 1.33. The largest absolute Gasteiger partial charge is 0.317 e. The van der Waals surface area contributed by atoms with Gasteiger partial charge in [0, 0.05) is 6.04 Å². The molecular formula is C14H25N. The second-order valence-corrected chi connectivity index (χ2v) is 3.96. The van der Waals surface area contributed by atoms with Crippen molar-refractivity contribution in [2.45, 2.75) is 46.6 Å². The van der Waals surface area contributed by atoms with Crippen LogP contribution < -0.4 is 5.32 Å². The highest BCUT2D eigenvalue weighted by atomic mass is 14.9. The molecular weight excluding hydrogens is 182 g/mol. The Labute approximate surface area is 94.9 Å². The van der Waals surface area contributed by atoms with Crippen LogP contribution in [0.5, 0.6) is 0 Å². The number of hydrogen-bond donors (Lipinski definition) is 1. The van der Waals surface area contributed by atoms with E-state index in [1.807, 2.05) is 7.05 Å². The lowest BCUT2D eigenvalue weighted by Crippen LogP contribution is -2.22. The van der Waals surface area contributed by atoms with Gasteiger partial charge in [0.15, 0.2) is 0 Å². The van der Waals surface area contributed by atoms with E-state index >= 15 is 0 Å². The molecule has 0 aliphatic rings. The molecule has 0 saturated carbocycles. The van der Waals surface area contributed by atoms with E-state index in [0.29, 0.717) is 0 Å². The van der Waals surface area contributed by atoms with Gasteiger partial charge in [-0.2, -0.15) is 0 Å². The standard InChI is InChI=1S/C8H10.C6H15N/c1-7-3-5-8(2)6-4-7;1-4-6(5-2)7-3/h3-6H,1-2H3;6-7H,4-5H2,1-3H3. The minimum Gasteiger partial charge on any atom is -0.317 e. The molecule has 1 N–H and O–H groups in total. The number of aryl methyl sites for hydroxylation is 2. The predicted molar refractivity (Wildman–Crippen MR) is 69.3 cm³/mol. The van der Waals surface area contributed by atoms with Gasteiger partial charge in [0.05, 0.1) is 0 Å². The maximum atomic E-state index is 3.20. The average molecular weight is 207 g/mol. The van der Waals surface area contributed by atoms with Crippen LogP contribution in [0.3, 0.4) is 0 Å². The Bertz CT molecular complexity index is 208. The van der Waals surface area contributed by atoms with Crippen LogP contribution >= 0.6 is 0 Å². The molecule has 86 valence electrons. The normalized spacial score (nSPS) is 9.73. The van der Waals surface area contributed by atoms with Gasteiger partial charge >= 0.3 is 0 Å². The van der Waals surface area contributed by atoms with Crippen molar-refractivity contribution in [1.29, 1.82) is 0 Å². The van der Waals surface area contributed by atoms with Crippen molar-refractivity contribution in [2.24, 2.45) is 0 Å². The maximum Gasteiger partial charge on any atom is 0.00588 e. The summed E-state index contributed by atoms with van der Waals surface area (Å²) >= 11 is 0. The Balaban J connectivity index is 0.000000265. The van der Waals surface area contributed by atoms with E-state index in [-0.39, 0.29) is 0 Å². The minimum atomic E-state index is 0.736. The van der Waals surface area contributed by atoms with Gasteiger partial charge < -0.3 is 5.32 Å². The van der Waals surface area contributed by atoms with Gasteiger partial charge in [-0.05, 0) is 33.7 Å². The van der Waals surface area contributed by atoms with Gasteiger partial charge in [-0.3, -0.25) is 0 Å². The molecule has 0 aliphatic heterocycles. The van der Waals surface area contributed by atoms with Crippen LogP contribution in [0.4, 0.5) is 0 Å². The third-order valence-corrected chi connectivity index (χ3v) is 2.61. The highest BCUT2D eigenvalue weighted by Gasteiger charge is 1.94. The highest BCUT2D eigenvalue weighted by Crippen LogP contribution is 1.99. The van der Waals surface area contributed by atoms with Crippen LogP contribution in [0.25, 0.3) is 0 Å². The SMILES string of the molecule is CCC(CC)NC.Cc1ccc(C)cc1. The third-order valence-electron chi connectivity index (χ3n) is 2.61. The number of nitrogens with one attached hydrogen (secondary N) is 1. The molecule has 15 heavy (non-hydrogen) atoms. The molecule has 0 fully saturated rings. The van der Waals surface area contributed by atoms with Gasteiger partial charge in [-0.15, -0.1) is 0 Å². The van der Waals surface area contributed by atoms with Gasteiger partial charge in [0.1, 0.15) is 0 Å². The second kappa shape index (κ2) is 8.49. The summed E-state index contributed by atoms with van der Waals surface area (Å²) in [7, 11) is 2.01. The fraction of sp³-hybridized carbons (Fsp3) is 0.571. The topological polar surface area (TPSA) is 12.0 Å². The Kier molecular flexibility index (Phi) is 8.02. The van der Waals surface area contributed by atoms with Crippen LogP contribution in [-0.2, 0) is 0 Å². The van der Waals surface area contributed by atoms with E-state index in [1.165, 1.54) is 24.0 Å². The first-order valence-corrected chi connectivity index (χ1v) is 5.84. The summed E-state index contributed by atoms with van der Waals surface area (Å²) in [6.45, 7) is 8.59. The van der Waals surface area contributed by atoms with Gasteiger partial charge in [-0.1, -0.05) is 49.2 Å². The van der Waals surface area contributed by atoms with Gasteiger partial charge in [-0.25, -0.2) is 0 Å². The molecule has 0 bridgehead atoms. The number of hydrogen-bond acceptors (Lipinski definition) is 1. The molecule has 0 radical (unpaired) electrons. The monoisotopic (exact) mass is 207 g/mol. The van der Waals surface area contributed by atoms with Crippen molar-refractivity contribution in [3.63, 3.8) is 0 Å². The van der Waals surface area contributed by atoms with Gasteiger partial charge in [0.2, 0.25) is 0 Å². The quantitative estimate of drug-likeness (QED) is 0.797. The Morgan fingerprint density at radius 1 is 0.933 bits per heavy atom. The Morgan fingerprint density at radius 3 is 1.40 bits per heavy atom. The summed E-state index contributed by atoms with van der Waals surface area (Å²) in [5, 5.41) is 3.20. The lowest BCUT2D eigenvalue weighted by molar-refractivity contribution is 0.531. The second-order valence-electron chi connectivity index (χ2n) is 3.96. The lowest BCUT2D eigenvalue weighted by atomic mass is 10.2. The minimum absolute atomic E-state index is 0.736. The highest BCUT2D eigenvalue weighted by molar-refractivity contribution is 5.19. The summed E-state index contributed by atoms with van der Waals surface area (Å²) in [5.74, 6) is 0. The smallest absolute Gasteiger partial charge is 0.00588 e.